The second kappa shape index (κ2) is 6.36. The predicted octanol–water partition coefficient (Wildman–Crippen LogP) is 0.782. The van der Waals surface area contributed by atoms with Crippen molar-refractivity contribution in [3.05, 3.63) is 28.7 Å². The van der Waals surface area contributed by atoms with Crippen LogP contribution in [0.25, 0.3) is 0 Å². The fourth-order valence-electron chi connectivity index (χ4n) is 1.94. The molecule has 1 saturated heterocycles. The number of hydrogen-bond acceptors (Lipinski definition) is 4. The first-order valence-corrected chi connectivity index (χ1v) is 6.88. The van der Waals surface area contributed by atoms with E-state index in [-0.39, 0.29) is 32.0 Å². The molecular formula is C13H16BrNO4. The number of nitrogens with zero attached hydrogens (tertiary/aromatic N) is 1. The maximum atomic E-state index is 11.8. The molecule has 104 valence electrons. The van der Waals surface area contributed by atoms with E-state index in [1.54, 1.807) is 0 Å². The number of carbonyl (C=O) groups excluding carboxylic acids is 1. The number of ether oxygens (including phenoxy) is 1. The lowest BCUT2D eigenvalue weighted by atomic mass is 10.3. The van der Waals surface area contributed by atoms with Gasteiger partial charge in [0, 0.05) is 17.6 Å². The standard InChI is InChI=1S/C13H16BrNO4/c14-9-2-1-3-10(6-9)19-5-4-13(18)15-7-11(16)12(17)8-15/h1-3,6,11-12,16-17H,4-5,7-8H2/t11-,12+. The van der Waals surface area contributed by atoms with Crippen molar-refractivity contribution in [3.63, 3.8) is 0 Å². The summed E-state index contributed by atoms with van der Waals surface area (Å²) >= 11 is 3.34. The molecule has 1 aliphatic rings. The Morgan fingerprint density at radius 2 is 2.05 bits per heavy atom. The Labute approximate surface area is 119 Å². The van der Waals surface area contributed by atoms with Crippen LogP contribution in [-0.4, -0.2) is 52.9 Å². The molecule has 0 unspecified atom stereocenters. The van der Waals surface area contributed by atoms with Crippen LogP contribution in [0.1, 0.15) is 6.42 Å². The summed E-state index contributed by atoms with van der Waals surface area (Å²) in [5, 5.41) is 18.7. The number of carbonyl (C=O) groups is 1. The van der Waals surface area contributed by atoms with Gasteiger partial charge in [-0.25, -0.2) is 0 Å². The maximum Gasteiger partial charge on any atom is 0.226 e. The van der Waals surface area contributed by atoms with Gasteiger partial charge in [-0.15, -0.1) is 0 Å². The molecule has 0 saturated carbocycles. The van der Waals surface area contributed by atoms with Crippen molar-refractivity contribution in [2.45, 2.75) is 18.6 Å². The molecule has 19 heavy (non-hydrogen) atoms. The average molecular weight is 330 g/mol. The summed E-state index contributed by atoms with van der Waals surface area (Å²) in [7, 11) is 0. The van der Waals surface area contributed by atoms with E-state index in [9.17, 15) is 15.0 Å². The van der Waals surface area contributed by atoms with Crippen molar-refractivity contribution in [2.24, 2.45) is 0 Å². The first-order chi connectivity index (χ1) is 9.06. The normalized spacial score (nSPS) is 22.6. The lowest BCUT2D eigenvalue weighted by Gasteiger charge is -2.15. The minimum atomic E-state index is -0.838. The van der Waals surface area contributed by atoms with Gasteiger partial charge in [0.05, 0.1) is 25.2 Å². The van der Waals surface area contributed by atoms with Gasteiger partial charge in [-0.05, 0) is 18.2 Å². The van der Waals surface area contributed by atoms with Crippen LogP contribution < -0.4 is 4.74 Å². The number of hydrogen-bond donors (Lipinski definition) is 2. The van der Waals surface area contributed by atoms with E-state index in [0.29, 0.717) is 5.75 Å². The molecule has 1 aromatic rings. The van der Waals surface area contributed by atoms with Gasteiger partial charge in [0.15, 0.2) is 0 Å². The number of β-amino-alcohol motifs (C(OH)–C–C–N with tert-alkyl or cyclic N) is 2. The summed E-state index contributed by atoms with van der Waals surface area (Å²) in [5.41, 5.74) is 0. The predicted molar refractivity (Wildman–Crippen MR) is 72.8 cm³/mol. The summed E-state index contributed by atoms with van der Waals surface area (Å²) < 4.78 is 6.39. The molecular weight excluding hydrogens is 314 g/mol. The van der Waals surface area contributed by atoms with E-state index in [4.69, 9.17) is 4.74 Å². The molecule has 0 bridgehead atoms. The fourth-order valence-corrected chi connectivity index (χ4v) is 2.32. The van der Waals surface area contributed by atoms with Crippen LogP contribution in [-0.2, 0) is 4.79 Å². The van der Waals surface area contributed by atoms with Crippen molar-refractivity contribution in [1.29, 1.82) is 0 Å². The summed E-state index contributed by atoms with van der Waals surface area (Å²) in [6.45, 7) is 0.658. The zero-order chi connectivity index (χ0) is 13.8. The Kier molecular flexibility index (Phi) is 4.79. The van der Waals surface area contributed by atoms with Gasteiger partial charge in [0.2, 0.25) is 5.91 Å². The van der Waals surface area contributed by atoms with Crippen molar-refractivity contribution in [2.75, 3.05) is 19.7 Å². The second-order valence-corrected chi connectivity index (χ2v) is 5.40. The van der Waals surface area contributed by atoms with Crippen molar-refractivity contribution in [1.82, 2.24) is 4.90 Å². The lowest BCUT2D eigenvalue weighted by Crippen LogP contribution is -2.30. The fraction of sp³-hybridized carbons (Fsp3) is 0.462. The summed E-state index contributed by atoms with van der Waals surface area (Å²) in [4.78, 5) is 13.3. The van der Waals surface area contributed by atoms with Gasteiger partial charge in [-0.2, -0.15) is 0 Å². The Hall–Kier alpha value is -1.11. The molecule has 1 fully saturated rings. The molecule has 1 amide bonds. The topological polar surface area (TPSA) is 70.0 Å². The Morgan fingerprint density at radius 3 is 2.68 bits per heavy atom. The average Bonchev–Trinajstić information content (AvgIpc) is 2.70. The third kappa shape index (κ3) is 3.92. The quantitative estimate of drug-likeness (QED) is 0.856. The molecule has 0 radical (unpaired) electrons. The highest BCUT2D eigenvalue weighted by atomic mass is 79.9. The SMILES string of the molecule is O=C(CCOc1cccc(Br)c1)N1C[C@@H](O)[C@@H](O)C1. The van der Waals surface area contributed by atoms with Crippen molar-refractivity contribution in [3.8, 4) is 5.75 Å². The monoisotopic (exact) mass is 329 g/mol. The van der Waals surface area contributed by atoms with Gasteiger partial charge < -0.3 is 19.8 Å². The highest BCUT2D eigenvalue weighted by molar-refractivity contribution is 9.10. The van der Waals surface area contributed by atoms with Crippen LogP contribution in [0.4, 0.5) is 0 Å². The number of benzene rings is 1. The zero-order valence-electron chi connectivity index (χ0n) is 10.3. The molecule has 0 spiro atoms. The number of rotatable bonds is 4. The summed E-state index contributed by atoms with van der Waals surface area (Å²) in [6.07, 6.45) is -1.45. The molecule has 6 heteroatoms. The van der Waals surface area contributed by atoms with E-state index >= 15 is 0 Å². The van der Waals surface area contributed by atoms with Crippen LogP contribution in [0.15, 0.2) is 28.7 Å². The molecule has 1 aromatic carbocycles. The van der Waals surface area contributed by atoms with Crippen LogP contribution in [0.3, 0.4) is 0 Å². The molecule has 2 N–H and O–H groups in total. The smallest absolute Gasteiger partial charge is 0.226 e. The third-order valence-corrected chi connectivity index (χ3v) is 3.49. The molecule has 1 heterocycles. The molecule has 0 aliphatic carbocycles. The van der Waals surface area contributed by atoms with E-state index in [1.165, 1.54) is 4.90 Å². The first kappa shape index (κ1) is 14.3. The van der Waals surface area contributed by atoms with Crippen LogP contribution in [0.5, 0.6) is 5.75 Å². The van der Waals surface area contributed by atoms with Crippen molar-refractivity contribution >= 4 is 21.8 Å². The van der Waals surface area contributed by atoms with E-state index < -0.39 is 12.2 Å². The number of aliphatic hydroxyl groups is 2. The van der Waals surface area contributed by atoms with Crippen LogP contribution in [0.2, 0.25) is 0 Å². The third-order valence-electron chi connectivity index (χ3n) is 2.99. The number of likely N-dealkylation sites (tertiary alicyclic amines) is 1. The molecule has 2 rings (SSSR count). The highest BCUT2D eigenvalue weighted by Crippen LogP contribution is 2.18. The van der Waals surface area contributed by atoms with Gasteiger partial charge in [-0.1, -0.05) is 22.0 Å². The number of amides is 1. The van der Waals surface area contributed by atoms with E-state index in [1.807, 2.05) is 24.3 Å². The van der Waals surface area contributed by atoms with Crippen molar-refractivity contribution < 1.29 is 19.7 Å². The molecule has 5 nitrogen and oxygen atoms in total. The first-order valence-electron chi connectivity index (χ1n) is 6.08. The van der Waals surface area contributed by atoms with E-state index in [2.05, 4.69) is 15.9 Å². The van der Waals surface area contributed by atoms with Gasteiger partial charge >= 0.3 is 0 Å². The van der Waals surface area contributed by atoms with E-state index in [0.717, 1.165) is 4.47 Å². The van der Waals surface area contributed by atoms with Gasteiger partial charge in [-0.3, -0.25) is 4.79 Å². The Balaban J connectivity index is 1.75. The van der Waals surface area contributed by atoms with Crippen LogP contribution in [0, 0.1) is 0 Å². The minimum absolute atomic E-state index is 0.120. The highest BCUT2D eigenvalue weighted by Gasteiger charge is 2.32. The Bertz CT molecular complexity index is 444. The zero-order valence-corrected chi connectivity index (χ0v) is 11.9. The minimum Gasteiger partial charge on any atom is -0.493 e. The maximum absolute atomic E-state index is 11.8. The van der Waals surface area contributed by atoms with Gasteiger partial charge in [0.25, 0.3) is 0 Å². The summed E-state index contributed by atoms with van der Waals surface area (Å²) in [6, 6.07) is 7.39. The number of halogens is 1. The Morgan fingerprint density at radius 1 is 1.37 bits per heavy atom. The van der Waals surface area contributed by atoms with Gasteiger partial charge in [0.1, 0.15) is 5.75 Å². The lowest BCUT2D eigenvalue weighted by molar-refractivity contribution is -0.131. The molecule has 2 atom stereocenters. The number of aliphatic hydroxyl groups excluding tert-OH is 2. The summed E-state index contributed by atoms with van der Waals surface area (Å²) in [5.74, 6) is 0.578. The van der Waals surface area contributed by atoms with Crippen LogP contribution >= 0.6 is 15.9 Å². The largest absolute Gasteiger partial charge is 0.493 e. The second-order valence-electron chi connectivity index (χ2n) is 4.49. The molecule has 1 aliphatic heterocycles. The molecule has 0 aromatic heterocycles.